The van der Waals surface area contributed by atoms with Crippen LogP contribution in [0.1, 0.15) is 84.5 Å². The van der Waals surface area contributed by atoms with Gasteiger partial charge in [0, 0.05) is 0 Å². The van der Waals surface area contributed by atoms with Crippen LogP contribution in [0.4, 0.5) is 0 Å². The lowest BCUT2D eigenvalue weighted by atomic mass is 10.1. The summed E-state index contributed by atoms with van der Waals surface area (Å²) in [5.74, 6) is -1.46. The van der Waals surface area contributed by atoms with Gasteiger partial charge in [-0.05, 0) is 19.3 Å². The Balaban J connectivity index is 4.10. The average Bonchev–Trinajstić information content (AvgIpc) is 2.43. The number of carbonyl (C=O) groups excluding carboxylic acids is 1. The molecule has 0 aromatic heterocycles. The van der Waals surface area contributed by atoms with Gasteiger partial charge in [-0.2, -0.15) is 0 Å². The zero-order chi connectivity index (χ0) is 16.8. The molecule has 0 aliphatic heterocycles. The highest BCUT2D eigenvalue weighted by atomic mass is 16.5. The van der Waals surface area contributed by atoms with E-state index in [0.29, 0.717) is 12.8 Å². The lowest BCUT2D eigenvalue weighted by molar-refractivity contribution is -0.155. The molecule has 0 heterocycles. The fraction of sp³-hybridized carbons (Fsp3) is 0.882. The van der Waals surface area contributed by atoms with Crippen molar-refractivity contribution in [1.29, 1.82) is 0 Å². The van der Waals surface area contributed by atoms with E-state index >= 15 is 0 Å². The second kappa shape index (κ2) is 13.6. The van der Waals surface area contributed by atoms with Gasteiger partial charge >= 0.3 is 11.9 Å². The van der Waals surface area contributed by atoms with Gasteiger partial charge in [-0.15, -0.1) is 0 Å². The molecule has 0 amide bonds. The Bertz CT molecular complexity index is 303. The molecular formula is C17H32O5. The molecule has 0 aliphatic carbocycles. The molecular weight excluding hydrogens is 284 g/mol. The first-order valence-electron chi connectivity index (χ1n) is 8.58. The molecule has 0 aliphatic rings. The molecule has 0 saturated heterocycles. The third-order valence-corrected chi connectivity index (χ3v) is 3.62. The van der Waals surface area contributed by atoms with E-state index in [2.05, 4.69) is 13.8 Å². The van der Waals surface area contributed by atoms with Crippen molar-refractivity contribution in [2.24, 2.45) is 0 Å². The molecule has 0 rings (SSSR count). The maximum absolute atomic E-state index is 11.8. The monoisotopic (exact) mass is 316 g/mol. The standard InChI is InChI=1S/C17H32O5/c1-3-5-7-9-11-15(13-16(19)20)22-17(21)12-14(18)10-8-6-4-2/h14-15,18H,3-13H2,1-2H3,(H,19,20). The third kappa shape index (κ3) is 12.6. The van der Waals surface area contributed by atoms with E-state index in [4.69, 9.17) is 9.84 Å². The van der Waals surface area contributed by atoms with E-state index in [9.17, 15) is 14.7 Å². The van der Waals surface area contributed by atoms with Gasteiger partial charge in [0.05, 0.1) is 18.9 Å². The van der Waals surface area contributed by atoms with Crippen molar-refractivity contribution >= 4 is 11.9 Å². The minimum absolute atomic E-state index is 0.0468. The van der Waals surface area contributed by atoms with Gasteiger partial charge in [0.1, 0.15) is 6.10 Å². The maximum atomic E-state index is 11.8. The zero-order valence-electron chi connectivity index (χ0n) is 14.1. The molecule has 130 valence electrons. The van der Waals surface area contributed by atoms with Crippen LogP contribution in [0.3, 0.4) is 0 Å². The number of aliphatic hydroxyl groups excluding tert-OH is 1. The number of carbonyl (C=O) groups is 2. The van der Waals surface area contributed by atoms with Gasteiger partial charge in [-0.1, -0.05) is 52.4 Å². The number of rotatable bonds is 14. The predicted octanol–water partition coefficient (Wildman–Crippen LogP) is 3.67. The number of ether oxygens (including phenoxy) is 1. The molecule has 5 heteroatoms. The van der Waals surface area contributed by atoms with Crippen LogP contribution in [0.5, 0.6) is 0 Å². The second-order valence-corrected chi connectivity index (χ2v) is 5.91. The van der Waals surface area contributed by atoms with Crippen molar-refractivity contribution in [3.63, 3.8) is 0 Å². The highest BCUT2D eigenvalue weighted by Crippen LogP contribution is 2.14. The summed E-state index contributed by atoms with van der Waals surface area (Å²) in [5.41, 5.74) is 0. The van der Waals surface area contributed by atoms with Gasteiger partial charge in [0.15, 0.2) is 0 Å². The molecule has 2 unspecified atom stereocenters. The first-order chi connectivity index (χ1) is 10.5. The summed E-state index contributed by atoms with van der Waals surface area (Å²) in [4.78, 5) is 22.6. The molecule has 0 aromatic rings. The summed E-state index contributed by atoms with van der Waals surface area (Å²) in [5, 5.41) is 18.7. The van der Waals surface area contributed by atoms with E-state index in [1.165, 1.54) is 0 Å². The predicted molar refractivity (Wildman–Crippen MR) is 85.7 cm³/mol. The summed E-state index contributed by atoms with van der Waals surface area (Å²) in [6.07, 6.45) is 6.75. The molecule has 0 radical (unpaired) electrons. The summed E-state index contributed by atoms with van der Waals surface area (Å²) in [6, 6.07) is 0. The molecule has 0 bridgehead atoms. The van der Waals surface area contributed by atoms with Crippen molar-refractivity contribution in [1.82, 2.24) is 0 Å². The highest BCUT2D eigenvalue weighted by molar-refractivity contribution is 5.71. The number of unbranched alkanes of at least 4 members (excludes halogenated alkanes) is 5. The van der Waals surface area contributed by atoms with Gasteiger partial charge in [-0.25, -0.2) is 0 Å². The molecule has 0 saturated carbocycles. The van der Waals surface area contributed by atoms with Crippen molar-refractivity contribution in [2.75, 3.05) is 0 Å². The van der Waals surface area contributed by atoms with Crippen LogP contribution >= 0.6 is 0 Å². The minimum atomic E-state index is -0.961. The Morgan fingerprint density at radius 3 is 2.09 bits per heavy atom. The van der Waals surface area contributed by atoms with E-state index in [-0.39, 0.29) is 12.8 Å². The normalized spacial score (nSPS) is 13.6. The van der Waals surface area contributed by atoms with Gasteiger partial charge < -0.3 is 14.9 Å². The Kier molecular flexibility index (Phi) is 12.9. The van der Waals surface area contributed by atoms with E-state index in [1.54, 1.807) is 0 Å². The van der Waals surface area contributed by atoms with E-state index in [0.717, 1.165) is 44.9 Å². The molecule has 2 N–H and O–H groups in total. The largest absolute Gasteiger partial charge is 0.481 e. The summed E-state index contributed by atoms with van der Waals surface area (Å²) >= 11 is 0. The van der Waals surface area contributed by atoms with Crippen LogP contribution in [0.2, 0.25) is 0 Å². The van der Waals surface area contributed by atoms with Crippen LogP contribution in [0, 0.1) is 0 Å². The Labute approximate surface area is 134 Å². The highest BCUT2D eigenvalue weighted by Gasteiger charge is 2.19. The Morgan fingerprint density at radius 2 is 1.50 bits per heavy atom. The van der Waals surface area contributed by atoms with Crippen molar-refractivity contribution in [3.8, 4) is 0 Å². The van der Waals surface area contributed by atoms with E-state index < -0.39 is 24.1 Å². The SMILES string of the molecule is CCCCCCC(CC(=O)O)OC(=O)CC(O)CCCCC. The number of carboxylic acid groups (broad SMARTS) is 1. The molecule has 5 nitrogen and oxygen atoms in total. The number of esters is 1. The molecule has 22 heavy (non-hydrogen) atoms. The summed E-state index contributed by atoms with van der Waals surface area (Å²) in [6.45, 7) is 4.18. The van der Waals surface area contributed by atoms with Crippen molar-refractivity contribution in [3.05, 3.63) is 0 Å². The van der Waals surface area contributed by atoms with Crippen molar-refractivity contribution < 1.29 is 24.5 Å². The van der Waals surface area contributed by atoms with Crippen molar-refractivity contribution in [2.45, 2.75) is 96.7 Å². The van der Waals surface area contributed by atoms with E-state index in [1.807, 2.05) is 0 Å². The van der Waals surface area contributed by atoms with Crippen LogP contribution in [-0.2, 0) is 14.3 Å². The average molecular weight is 316 g/mol. The number of hydrogen-bond donors (Lipinski definition) is 2. The first-order valence-corrected chi connectivity index (χ1v) is 8.58. The third-order valence-electron chi connectivity index (χ3n) is 3.62. The van der Waals surface area contributed by atoms with Gasteiger partial charge in [0.25, 0.3) is 0 Å². The number of aliphatic hydroxyl groups is 1. The fourth-order valence-electron chi connectivity index (χ4n) is 2.35. The molecule has 0 aromatic carbocycles. The van der Waals surface area contributed by atoms with Crippen LogP contribution in [-0.4, -0.2) is 34.4 Å². The summed E-state index contributed by atoms with van der Waals surface area (Å²) in [7, 11) is 0. The lowest BCUT2D eigenvalue weighted by Gasteiger charge is -2.17. The van der Waals surface area contributed by atoms with Gasteiger partial charge in [0.2, 0.25) is 0 Å². The first kappa shape index (κ1) is 20.9. The maximum Gasteiger partial charge on any atom is 0.308 e. The second-order valence-electron chi connectivity index (χ2n) is 5.91. The number of carboxylic acids is 1. The topological polar surface area (TPSA) is 83.8 Å². The Hall–Kier alpha value is -1.10. The number of hydrogen-bond acceptors (Lipinski definition) is 4. The Morgan fingerprint density at radius 1 is 0.909 bits per heavy atom. The minimum Gasteiger partial charge on any atom is -0.481 e. The lowest BCUT2D eigenvalue weighted by Crippen LogP contribution is -2.24. The molecule has 2 atom stereocenters. The quantitative estimate of drug-likeness (QED) is 0.377. The summed E-state index contributed by atoms with van der Waals surface area (Å²) < 4.78 is 5.24. The smallest absolute Gasteiger partial charge is 0.308 e. The number of aliphatic carboxylic acids is 1. The molecule has 0 spiro atoms. The zero-order valence-corrected chi connectivity index (χ0v) is 14.1. The fourth-order valence-corrected chi connectivity index (χ4v) is 2.35. The van der Waals surface area contributed by atoms with Crippen LogP contribution in [0.15, 0.2) is 0 Å². The van der Waals surface area contributed by atoms with Gasteiger partial charge in [-0.3, -0.25) is 9.59 Å². The van der Waals surface area contributed by atoms with Crippen LogP contribution < -0.4 is 0 Å². The van der Waals surface area contributed by atoms with Crippen LogP contribution in [0.25, 0.3) is 0 Å². The molecule has 0 fully saturated rings.